The second kappa shape index (κ2) is 3.69. The van der Waals surface area contributed by atoms with Crippen LogP contribution in [-0.4, -0.2) is 35.0 Å². The summed E-state index contributed by atoms with van der Waals surface area (Å²) in [7, 11) is 0. The van der Waals surface area contributed by atoms with E-state index in [2.05, 4.69) is 13.8 Å². The summed E-state index contributed by atoms with van der Waals surface area (Å²) in [5, 5.41) is 19.4. The van der Waals surface area contributed by atoms with Crippen LogP contribution in [0.1, 0.15) is 40.0 Å². The number of hydrogen-bond donors (Lipinski definition) is 2. The average molecular weight is 242 g/mol. The zero-order chi connectivity index (χ0) is 12.9. The molecule has 3 unspecified atom stereocenters. The lowest BCUT2D eigenvalue weighted by Gasteiger charge is -2.43. The van der Waals surface area contributed by atoms with Gasteiger partial charge in [-0.25, -0.2) is 4.79 Å². The molecule has 0 aliphatic heterocycles. The minimum Gasteiger partial charge on any atom is -0.461 e. The van der Waals surface area contributed by atoms with E-state index in [4.69, 9.17) is 9.84 Å². The van der Waals surface area contributed by atoms with Gasteiger partial charge in [0.05, 0.1) is 6.61 Å². The Morgan fingerprint density at radius 1 is 1.41 bits per heavy atom. The molecule has 2 N–H and O–H groups in total. The number of carbonyl (C=O) groups is 1. The van der Waals surface area contributed by atoms with Gasteiger partial charge in [-0.05, 0) is 30.6 Å². The summed E-state index contributed by atoms with van der Waals surface area (Å²) in [5.74, 6) is -0.191. The molecule has 3 atom stereocenters. The molecule has 2 rings (SSSR count). The van der Waals surface area contributed by atoms with Crippen molar-refractivity contribution in [3.05, 3.63) is 0 Å². The van der Waals surface area contributed by atoms with E-state index in [9.17, 15) is 9.90 Å². The standard InChI is InChI=1S/C13H22O4/c1-11(2)9-4-5-12(11,3)13(16,8-9)10(15)17-7-6-14/h9,14,16H,4-8H2,1-3H3. The van der Waals surface area contributed by atoms with Gasteiger partial charge in [-0.3, -0.25) is 0 Å². The molecule has 0 aromatic carbocycles. The molecule has 0 aromatic rings. The maximum atomic E-state index is 12.0. The summed E-state index contributed by atoms with van der Waals surface area (Å²) in [4.78, 5) is 12.0. The van der Waals surface area contributed by atoms with Gasteiger partial charge in [0.2, 0.25) is 0 Å². The summed E-state index contributed by atoms with van der Waals surface area (Å²) >= 11 is 0. The van der Waals surface area contributed by atoms with Crippen molar-refractivity contribution in [2.45, 2.75) is 45.6 Å². The first-order chi connectivity index (χ1) is 7.79. The first-order valence-corrected chi connectivity index (χ1v) is 6.30. The van der Waals surface area contributed by atoms with E-state index in [1.807, 2.05) is 6.92 Å². The van der Waals surface area contributed by atoms with E-state index >= 15 is 0 Å². The molecule has 0 spiro atoms. The molecule has 4 nitrogen and oxygen atoms in total. The predicted octanol–water partition coefficient (Wildman–Crippen LogP) is 1.10. The Hall–Kier alpha value is -0.610. The van der Waals surface area contributed by atoms with Crippen LogP contribution in [0.15, 0.2) is 0 Å². The van der Waals surface area contributed by atoms with Crippen LogP contribution in [0.4, 0.5) is 0 Å². The summed E-state index contributed by atoms with van der Waals surface area (Å²) in [6.45, 7) is 6.00. The quantitative estimate of drug-likeness (QED) is 0.727. The Kier molecular flexibility index (Phi) is 2.79. The normalized spacial score (nSPS) is 42.8. The van der Waals surface area contributed by atoms with Gasteiger partial charge in [0.1, 0.15) is 6.61 Å². The van der Waals surface area contributed by atoms with Gasteiger partial charge in [-0.15, -0.1) is 0 Å². The maximum Gasteiger partial charge on any atom is 0.338 e. The van der Waals surface area contributed by atoms with Crippen molar-refractivity contribution in [2.75, 3.05) is 13.2 Å². The van der Waals surface area contributed by atoms with E-state index < -0.39 is 17.0 Å². The van der Waals surface area contributed by atoms with Gasteiger partial charge in [0, 0.05) is 5.41 Å². The Balaban J connectivity index is 2.26. The van der Waals surface area contributed by atoms with Crippen LogP contribution in [0.25, 0.3) is 0 Å². The van der Waals surface area contributed by atoms with E-state index in [1.165, 1.54) is 0 Å². The predicted molar refractivity (Wildman–Crippen MR) is 62.2 cm³/mol. The van der Waals surface area contributed by atoms with Crippen LogP contribution in [0.5, 0.6) is 0 Å². The molecule has 2 aliphatic carbocycles. The molecule has 0 saturated heterocycles. The molecular formula is C13H22O4. The average Bonchev–Trinajstić information content (AvgIpc) is 2.57. The van der Waals surface area contributed by atoms with Crippen molar-refractivity contribution in [1.82, 2.24) is 0 Å². The highest BCUT2D eigenvalue weighted by molar-refractivity contribution is 5.81. The number of carbonyl (C=O) groups excluding carboxylic acids is 1. The second-order valence-electron chi connectivity index (χ2n) is 6.21. The number of aliphatic hydroxyl groups excluding tert-OH is 1. The molecule has 0 amide bonds. The maximum absolute atomic E-state index is 12.0. The van der Waals surface area contributed by atoms with Crippen molar-refractivity contribution in [1.29, 1.82) is 0 Å². The topological polar surface area (TPSA) is 66.8 Å². The number of fused-ring (bicyclic) bond motifs is 2. The third kappa shape index (κ3) is 1.40. The highest BCUT2D eigenvalue weighted by Crippen LogP contribution is 2.69. The molecule has 0 heterocycles. The summed E-state index contributed by atoms with van der Waals surface area (Å²) in [6.07, 6.45) is 2.41. The largest absolute Gasteiger partial charge is 0.461 e. The lowest BCUT2D eigenvalue weighted by Crippen LogP contribution is -2.53. The van der Waals surface area contributed by atoms with Crippen LogP contribution >= 0.6 is 0 Å². The molecule has 17 heavy (non-hydrogen) atoms. The van der Waals surface area contributed by atoms with Gasteiger partial charge in [0.15, 0.2) is 5.60 Å². The van der Waals surface area contributed by atoms with Crippen molar-refractivity contribution in [3.8, 4) is 0 Å². The fourth-order valence-electron chi connectivity index (χ4n) is 3.84. The lowest BCUT2D eigenvalue weighted by molar-refractivity contribution is -0.184. The van der Waals surface area contributed by atoms with E-state index in [1.54, 1.807) is 0 Å². The van der Waals surface area contributed by atoms with Crippen LogP contribution in [0.3, 0.4) is 0 Å². The first-order valence-electron chi connectivity index (χ1n) is 6.30. The highest BCUT2D eigenvalue weighted by Gasteiger charge is 2.71. The molecule has 4 heteroatoms. The second-order valence-corrected chi connectivity index (χ2v) is 6.21. The fourth-order valence-corrected chi connectivity index (χ4v) is 3.84. The summed E-state index contributed by atoms with van der Waals surface area (Å²) in [6, 6.07) is 0. The third-order valence-electron chi connectivity index (χ3n) is 5.55. The SMILES string of the molecule is CC1(C)C2CCC1(C)C(O)(C(=O)OCCO)C2. The van der Waals surface area contributed by atoms with Crippen LogP contribution in [-0.2, 0) is 9.53 Å². The van der Waals surface area contributed by atoms with Gasteiger partial charge < -0.3 is 14.9 Å². The van der Waals surface area contributed by atoms with Gasteiger partial charge >= 0.3 is 5.97 Å². The van der Waals surface area contributed by atoms with Crippen molar-refractivity contribution < 1.29 is 19.7 Å². The number of aliphatic hydroxyl groups is 2. The van der Waals surface area contributed by atoms with E-state index in [0.29, 0.717) is 12.3 Å². The van der Waals surface area contributed by atoms with E-state index in [-0.39, 0.29) is 18.6 Å². The number of hydrogen-bond acceptors (Lipinski definition) is 4. The Bertz CT molecular complexity index is 338. The molecule has 2 fully saturated rings. The summed E-state index contributed by atoms with van der Waals surface area (Å²) in [5.41, 5.74) is -1.84. The smallest absolute Gasteiger partial charge is 0.338 e. The lowest BCUT2D eigenvalue weighted by atomic mass is 9.64. The monoisotopic (exact) mass is 242 g/mol. The zero-order valence-corrected chi connectivity index (χ0v) is 10.8. The molecule has 0 aromatic heterocycles. The third-order valence-corrected chi connectivity index (χ3v) is 5.55. The molecule has 0 radical (unpaired) electrons. The van der Waals surface area contributed by atoms with Crippen molar-refractivity contribution in [3.63, 3.8) is 0 Å². The van der Waals surface area contributed by atoms with Gasteiger partial charge in [-0.2, -0.15) is 0 Å². The Labute approximate surface area is 102 Å². The summed E-state index contributed by atoms with van der Waals surface area (Å²) < 4.78 is 4.95. The Morgan fingerprint density at radius 2 is 2.06 bits per heavy atom. The molecule has 2 saturated carbocycles. The minimum absolute atomic E-state index is 0.0394. The van der Waals surface area contributed by atoms with Gasteiger partial charge in [0.25, 0.3) is 0 Å². The zero-order valence-electron chi connectivity index (χ0n) is 10.8. The fraction of sp³-hybridized carbons (Fsp3) is 0.923. The Morgan fingerprint density at radius 3 is 2.47 bits per heavy atom. The van der Waals surface area contributed by atoms with Crippen molar-refractivity contribution >= 4 is 5.97 Å². The van der Waals surface area contributed by atoms with Crippen molar-refractivity contribution in [2.24, 2.45) is 16.7 Å². The van der Waals surface area contributed by atoms with Crippen LogP contribution in [0.2, 0.25) is 0 Å². The molecular weight excluding hydrogens is 220 g/mol. The first kappa shape index (κ1) is 12.8. The molecule has 98 valence electrons. The molecule has 2 bridgehead atoms. The van der Waals surface area contributed by atoms with E-state index in [0.717, 1.165) is 12.8 Å². The molecule has 2 aliphatic rings. The minimum atomic E-state index is -1.38. The number of ether oxygens (including phenoxy) is 1. The van der Waals surface area contributed by atoms with Crippen LogP contribution < -0.4 is 0 Å². The number of rotatable bonds is 3. The number of esters is 1. The highest BCUT2D eigenvalue weighted by atomic mass is 16.6. The van der Waals surface area contributed by atoms with Gasteiger partial charge in [-0.1, -0.05) is 20.8 Å². The van der Waals surface area contributed by atoms with Crippen LogP contribution in [0, 0.1) is 16.7 Å².